The molecule has 112 valence electrons. The van der Waals surface area contributed by atoms with Crippen LogP contribution in [0.2, 0.25) is 0 Å². The zero-order chi connectivity index (χ0) is 15.5. The molecule has 7 heteroatoms. The van der Waals surface area contributed by atoms with Crippen LogP contribution in [0, 0.1) is 0 Å². The highest BCUT2D eigenvalue weighted by molar-refractivity contribution is 7.93. The number of ether oxygens (including phenoxy) is 1. The van der Waals surface area contributed by atoms with E-state index in [9.17, 15) is 13.2 Å². The van der Waals surface area contributed by atoms with E-state index < -0.39 is 15.8 Å². The van der Waals surface area contributed by atoms with E-state index in [1.54, 1.807) is 19.9 Å². The molecule has 0 aliphatic carbocycles. The molecule has 0 unspecified atom stereocenters. The lowest BCUT2D eigenvalue weighted by atomic mass is 10.3. The third-order valence-corrected chi connectivity index (χ3v) is 5.91. The number of benzene rings is 1. The maximum Gasteiger partial charge on any atom is 0.330 e. The zero-order valence-electron chi connectivity index (χ0n) is 11.7. The van der Waals surface area contributed by atoms with Crippen LogP contribution in [-0.2, 0) is 19.4 Å². The number of carbonyl (C=O) groups is 1. The summed E-state index contributed by atoms with van der Waals surface area (Å²) in [5, 5.41) is 0. The van der Waals surface area contributed by atoms with E-state index >= 15 is 0 Å². The van der Waals surface area contributed by atoms with Crippen LogP contribution in [0.5, 0.6) is 0 Å². The topological polar surface area (TPSA) is 73.3 Å². The van der Waals surface area contributed by atoms with E-state index in [0.717, 1.165) is 16.0 Å². The third-order valence-electron chi connectivity index (χ3n) is 2.61. The standard InChI is InChI=1S/C14H15NO4S2/c1-3-19-13(16)8-10(2)9-21(17,18)14-15-11-6-4-5-7-12(11)20-14/h4-8H,3,9H2,1-2H3/b10-8+. The lowest BCUT2D eigenvalue weighted by molar-refractivity contribution is -0.137. The van der Waals surface area contributed by atoms with Gasteiger partial charge in [0.05, 0.1) is 22.6 Å². The van der Waals surface area contributed by atoms with E-state index in [1.165, 1.54) is 6.08 Å². The van der Waals surface area contributed by atoms with Crippen molar-refractivity contribution in [2.45, 2.75) is 18.2 Å². The van der Waals surface area contributed by atoms with Crippen LogP contribution in [0.3, 0.4) is 0 Å². The number of carbonyl (C=O) groups excluding carboxylic acids is 1. The Hall–Kier alpha value is -1.73. The smallest absolute Gasteiger partial charge is 0.330 e. The normalized spacial score (nSPS) is 12.6. The largest absolute Gasteiger partial charge is 0.463 e. The number of hydrogen-bond donors (Lipinski definition) is 0. The van der Waals surface area contributed by atoms with Gasteiger partial charge in [-0.2, -0.15) is 0 Å². The van der Waals surface area contributed by atoms with Crippen molar-refractivity contribution in [1.82, 2.24) is 4.98 Å². The predicted octanol–water partition coefficient (Wildman–Crippen LogP) is 2.58. The fourth-order valence-corrected chi connectivity index (χ4v) is 4.47. The third kappa shape index (κ3) is 3.89. The Morgan fingerprint density at radius 1 is 1.38 bits per heavy atom. The molecule has 2 aromatic rings. The van der Waals surface area contributed by atoms with E-state index in [1.807, 2.05) is 18.2 Å². The van der Waals surface area contributed by atoms with Crippen molar-refractivity contribution >= 4 is 37.4 Å². The van der Waals surface area contributed by atoms with Crippen molar-refractivity contribution in [2.75, 3.05) is 12.4 Å². The predicted molar refractivity (Wildman–Crippen MR) is 82.1 cm³/mol. The molecule has 0 spiro atoms. The molecular formula is C14H15NO4S2. The number of rotatable bonds is 5. The Kier molecular flexibility index (Phi) is 4.74. The van der Waals surface area contributed by atoms with Crippen LogP contribution >= 0.6 is 11.3 Å². The van der Waals surface area contributed by atoms with Crippen LogP contribution in [0.15, 0.2) is 40.3 Å². The second-order valence-corrected chi connectivity index (χ2v) is 7.64. The molecule has 2 rings (SSSR count). The summed E-state index contributed by atoms with van der Waals surface area (Å²) in [5.74, 6) is -0.777. The van der Waals surface area contributed by atoms with Gasteiger partial charge in [-0.15, -0.1) is 11.3 Å². The first-order chi connectivity index (χ1) is 9.92. The minimum Gasteiger partial charge on any atom is -0.463 e. The highest BCUT2D eigenvalue weighted by atomic mass is 32.2. The van der Waals surface area contributed by atoms with E-state index in [-0.39, 0.29) is 16.7 Å². The molecule has 0 N–H and O–H groups in total. The second-order valence-electron chi connectivity index (χ2n) is 4.45. The van der Waals surface area contributed by atoms with Crippen molar-refractivity contribution in [3.63, 3.8) is 0 Å². The van der Waals surface area contributed by atoms with Gasteiger partial charge in [0.2, 0.25) is 14.2 Å². The fraction of sp³-hybridized carbons (Fsp3) is 0.286. The van der Waals surface area contributed by atoms with E-state index in [0.29, 0.717) is 11.1 Å². The highest BCUT2D eigenvalue weighted by Gasteiger charge is 2.20. The van der Waals surface area contributed by atoms with Crippen molar-refractivity contribution in [3.05, 3.63) is 35.9 Å². The number of hydrogen-bond acceptors (Lipinski definition) is 6. The highest BCUT2D eigenvalue weighted by Crippen LogP contribution is 2.26. The van der Waals surface area contributed by atoms with Gasteiger partial charge < -0.3 is 4.74 Å². The van der Waals surface area contributed by atoms with Crippen LogP contribution < -0.4 is 0 Å². The lowest BCUT2D eigenvalue weighted by Gasteiger charge is -2.01. The Labute approximate surface area is 127 Å². The molecule has 0 bridgehead atoms. The molecule has 21 heavy (non-hydrogen) atoms. The van der Waals surface area contributed by atoms with Crippen LogP contribution in [-0.4, -0.2) is 31.7 Å². The molecular weight excluding hydrogens is 310 g/mol. The van der Waals surface area contributed by atoms with E-state index in [2.05, 4.69) is 4.98 Å². The first-order valence-electron chi connectivity index (χ1n) is 6.34. The molecule has 0 saturated heterocycles. The van der Waals surface area contributed by atoms with Gasteiger partial charge >= 0.3 is 5.97 Å². The summed E-state index contributed by atoms with van der Waals surface area (Å²) in [7, 11) is -3.55. The Bertz CT molecular complexity index is 757. The Morgan fingerprint density at radius 2 is 2.10 bits per heavy atom. The number of sulfone groups is 1. The number of nitrogens with zero attached hydrogens (tertiary/aromatic N) is 1. The minimum absolute atomic E-state index is 0.0697. The molecule has 0 amide bonds. The molecule has 0 saturated carbocycles. The first-order valence-corrected chi connectivity index (χ1v) is 8.81. The van der Waals surface area contributed by atoms with Gasteiger partial charge in [-0.05, 0) is 26.0 Å². The fourth-order valence-electron chi connectivity index (χ4n) is 1.77. The monoisotopic (exact) mass is 325 g/mol. The lowest BCUT2D eigenvalue weighted by Crippen LogP contribution is -2.09. The van der Waals surface area contributed by atoms with Crippen molar-refractivity contribution in [2.24, 2.45) is 0 Å². The van der Waals surface area contributed by atoms with Crippen molar-refractivity contribution < 1.29 is 17.9 Å². The SMILES string of the molecule is CCOC(=O)/C=C(\C)CS(=O)(=O)c1nc2ccccc2s1. The van der Waals surface area contributed by atoms with Gasteiger partial charge in [-0.25, -0.2) is 18.2 Å². The average Bonchev–Trinajstić information content (AvgIpc) is 2.82. The number of fused-ring (bicyclic) bond motifs is 1. The summed E-state index contributed by atoms with van der Waals surface area (Å²) < 4.78 is 30.3. The summed E-state index contributed by atoms with van der Waals surface area (Å²) in [6.07, 6.45) is 1.20. The van der Waals surface area contributed by atoms with Gasteiger partial charge in [-0.1, -0.05) is 17.7 Å². The minimum atomic E-state index is -3.55. The van der Waals surface area contributed by atoms with Gasteiger partial charge in [0, 0.05) is 6.08 Å². The number of thiazole rings is 1. The summed E-state index contributed by atoms with van der Waals surface area (Å²) in [4.78, 5) is 15.5. The molecule has 1 aromatic carbocycles. The first kappa shape index (κ1) is 15.7. The molecule has 5 nitrogen and oxygen atoms in total. The van der Waals surface area contributed by atoms with Gasteiger partial charge in [0.15, 0.2) is 0 Å². The number of para-hydroxylation sites is 1. The van der Waals surface area contributed by atoms with Crippen LogP contribution in [0.1, 0.15) is 13.8 Å². The molecule has 1 aromatic heterocycles. The quantitative estimate of drug-likeness (QED) is 0.624. The van der Waals surface area contributed by atoms with Crippen LogP contribution in [0.25, 0.3) is 10.2 Å². The summed E-state index contributed by atoms with van der Waals surface area (Å²) >= 11 is 1.13. The van der Waals surface area contributed by atoms with E-state index in [4.69, 9.17) is 4.74 Å². The van der Waals surface area contributed by atoms with Gasteiger partial charge in [0.25, 0.3) is 0 Å². The van der Waals surface area contributed by atoms with Crippen molar-refractivity contribution in [1.29, 1.82) is 0 Å². The molecule has 0 radical (unpaired) electrons. The van der Waals surface area contributed by atoms with Gasteiger partial charge in [0.1, 0.15) is 0 Å². The number of aromatic nitrogens is 1. The molecule has 0 atom stereocenters. The molecule has 1 heterocycles. The Balaban J connectivity index is 2.24. The maximum atomic E-state index is 12.3. The summed E-state index contributed by atoms with van der Waals surface area (Å²) in [6.45, 7) is 3.54. The van der Waals surface area contributed by atoms with Gasteiger partial charge in [-0.3, -0.25) is 0 Å². The summed E-state index contributed by atoms with van der Waals surface area (Å²) in [6, 6.07) is 7.24. The second kappa shape index (κ2) is 6.36. The average molecular weight is 325 g/mol. The molecule has 0 aliphatic rings. The van der Waals surface area contributed by atoms with Crippen LogP contribution in [0.4, 0.5) is 0 Å². The maximum absolute atomic E-state index is 12.3. The number of esters is 1. The summed E-state index contributed by atoms with van der Waals surface area (Å²) in [5.41, 5.74) is 1.08. The Morgan fingerprint density at radius 3 is 2.76 bits per heavy atom. The zero-order valence-corrected chi connectivity index (χ0v) is 13.3. The molecule has 0 fully saturated rings. The van der Waals surface area contributed by atoms with Crippen molar-refractivity contribution in [3.8, 4) is 0 Å². The molecule has 0 aliphatic heterocycles.